The molecule has 0 radical (unpaired) electrons. The first-order chi connectivity index (χ1) is 7.56. The maximum Gasteiger partial charge on any atom is 0.0212 e. The average Bonchev–Trinajstić information content (AvgIpc) is 2.54. The van der Waals surface area contributed by atoms with Gasteiger partial charge < -0.3 is 15.1 Å². The number of rotatable bonds is 6. The lowest BCUT2D eigenvalue weighted by Crippen LogP contribution is -2.44. The van der Waals surface area contributed by atoms with Crippen molar-refractivity contribution in [2.45, 2.75) is 52.2 Å². The molecule has 0 aromatic heterocycles. The Hall–Kier alpha value is -0.120. The largest absolute Gasteiger partial charge is 0.309 e. The summed E-state index contributed by atoms with van der Waals surface area (Å²) >= 11 is 0. The highest BCUT2D eigenvalue weighted by Gasteiger charge is 2.26. The maximum atomic E-state index is 3.76. The van der Waals surface area contributed by atoms with Crippen LogP contribution in [0, 0.1) is 0 Å². The van der Waals surface area contributed by atoms with Crippen molar-refractivity contribution in [2.75, 3.05) is 33.2 Å². The van der Waals surface area contributed by atoms with Crippen LogP contribution in [-0.4, -0.2) is 61.2 Å². The van der Waals surface area contributed by atoms with Gasteiger partial charge in [-0.1, -0.05) is 13.8 Å². The number of nitrogens with zero attached hydrogens (tertiary/aromatic N) is 2. The second-order valence-electron chi connectivity index (χ2n) is 5.27. The topological polar surface area (TPSA) is 18.5 Å². The van der Waals surface area contributed by atoms with E-state index in [9.17, 15) is 0 Å². The van der Waals surface area contributed by atoms with E-state index in [0.29, 0.717) is 12.1 Å². The number of likely N-dealkylation sites (tertiary alicyclic amines) is 1. The molecule has 0 aromatic rings. The molecule has 0 aliphatic carbocycles. The molecule has 1 aliphatic heterocycles. The summed E-state index contributed by atoms with van der Waals surface area (Å²) in [6, 6.07) is 2.02. The molecule has 0 spiro atoms. The third-order valence-electron chi connectivity index (χ3n) is 3.83. The minimum Gasteiger partial charge on any atom is -0.309 e. The lowest BCUT2D eigenvalue weighted by molar-refractivity contribution is 0.260. The summed E-state index contributed by atoms with van der Waals surface area (Å²) in [6.07, 6.45) is 1.29. The molecule has 1 N–H and O–H groups in total. The fourth-order valence-corrected chi connectivity index (χ4v) is 2.64. The third kappa shape index (κ3) is 4.04. The SMILES string of the molecule is CCN(CC)CC(C)NC1CC(C)N(C)C1. The lowest BCUT2D eigenvalue weighted by Gasteiger charge is -2.25. The number of hydrogen-bond acceptors (Lipinski definition) is 3. The molecule has 3 atom stereocenters. The van der Waals surface area contributed by atoms with Crippen LogP contribution >= 0.6 is 0 Å². The molecular formula is C13H29N3. The first-order valence-corrected chi connectivity index (χ1v) is 6.75. The molecule has 1 fully saturated rings. The second kappa shape index (κ2) is 6.58. The summed E-state index contributed by atoms with van der Waals surface area (Å²) < 4.78 is 0. The summed E-state index contributed by atoms with van der Waals surface area (Å²) in [4.78, 5) is 4.93. The summed E-state index contributed by atoms with van der Waals surface area (Å²) in [6.45, 7) is 13.8. The second-order valence-corrected chi connectivity index (χ2v) is 5.27. The van der Waals surface area contributed by atoms with Crippen molar-refractivity contribution in [1.82, 2.24) is 15.1 Å². The predicted octanol–water partition coefficient (Wildman–Crippen LogP) is 1.40. The van der Waals surface area contributed by atoms with E-state index >= 15 is 0 Å². The molecular weight excluding hydrogens is 198 g/mol. The van der Waals surface area contributed by atoms with Gasteiger partial charge in [0, 0.05) is 31.2 Å². The molecule has 1 heterocycles. The molecule has 3 heteroatoms. The summed E-state index contributed by atoms with van der Waals surface area (Å²) in [7, 11) is 2.22. The highest BCUT2D eigenvalue weighted by atomic mass is 15.2. The molecule has 0 aromatic carbocycles. The third-order valence-corrected chi connectivity index (χ3v) is 3.83. The summed E-state index contributed by atoms with van der Waals surface area (Å²) in [5.41, 5.74) is 0. The lowest BCUT2D eigenvalue weighted by atomic mass is 10.1. The molecule has 96 valence electrons. The Morgan fingerprint density at radius 2 is 2.00 bits per heavy atom. The van der Waals surface area contributed by atoms with Gasteiger partial charge in [-0.05, 0) is 40.4 Å². The first kappa shape index (κ1) is 13.9. The Bertz CT molecular complexity index is 182. The van der Waals surface area contributed by atoms with Crippen molar-refractivity contribution in [3.8, 4) is 0 Å². The van der Waals surface area contributed by atoms with E-state index in [-0.39, 0.29) is 0 Å². The quantitative estimate of drug-likeness (QED) is 0.740. The van der Waals surface area contributed by atoms with Gasteiger partial charge in [-0.15, -0.1) is 0 Å². The molecule has 0 amide bonds. The van der Waals surface area contributed by atoms with Gasteiger partial charge in [-0.3, -0.25) is 0 Å². The van der Waals surface area contributed by atoms with Crippen molar-refractivity contribution < 1.29 is 0 Å². The molecule has 16 heavy (non-hydrogen) atoms. The van der Waals surface area contributed by atoms with E-state index in [1.807, 2.05) is 0 Å². The summed E-state index contributed by atoms with van der Waals surface area (Å²) in [5, 5.41) is 3.76. The molecule has 1 saturated heterocycles. The van der Waals surface area contributed by atoms with Crippen molar-refractivity contribution in [3.05, 3.63) is 0 Å². The van der Waals surface area contributed by atoms with Crippen LogP contribution in [0.5, 0.6) is 0 Å². The monoisotopic (exact) mass is 227 g/mol. The summed E-state index contributed by atoms with van der Waals surface area (Å²) in [5.74, 6) is 0. The molecule has 0 saturated carbocycles. The Morgan fingerprint density at radius 1 is 1.38 bits per heavy atom. The average molecular weight is 227 g/mol. The standard InChI is InChI=1S/C13H29N3/c1-6-16(7-2)9-11(3)14-13-8-12(4)15(5)10-13/h11-14H,6-10H2,1-5H3. The van der Waals surface area contributed by atoms with Crippen LogP contribution in [0.25, 0.3) is 0 Å². The van der Waals surface area contributed by atoms with Gasteiger partial charge in [0.25, 0.3) is 0 Å². The minimum atomic E-state index is 0.601. The molecule has 1 rings (SSSR count). The number of likely N-dealkylation sites (N-methyl/N-ethyl adjacent to an activating group) is 2. The first-order valence-electron chi connectivity index (χ1n) is 6.75. The van der Waals surface area contributed by atoms with E-state index in [2.05, 4.69) is 49.9 Å². The van der Waals surface area contributed by atoms with Gasteiger partial charge in [0.1, 0.15) is 0 Å². The Balaban J connectivity index is 2.26. The van der Waals surface area contributed by atoms with Gasteiger partial charge in [0.2, 0.25) is 0 Å². The highest BCUT2D eigenvalue weighted by Crippen LogP contribution is 2.15. The van der Waals surface area contributed by atoms with Crippen molar-refractivity contribution in [3.63, 3.8) is 0 Å². The fraction of sp³-hybridized carbons (Fsp3) is 1.00. The van der Waals surface area contributed by atoms with Crippen LogP contribution in [0.4, 0.5) is 0 Å². The van der Waals surface area contributed by atoms with Crippen LogP contribution in [0.3, 0.4) is 0 Å². The zero-order valence-electron chi connectivity index (χ0n) is 11.7. The molecule has 0 bridgehead atoms. The normalized spacial score (nSPS) is 28.9. The van der Waals surface area contributed by atoms with Crippen LogP contribution < -0.4 is 5.32 Å². The van der Waals surface area contributed by atoms with Gasteiger partial charge in [0.15, 0.2) is 0 Å². The predicted molar refractivity (Wildman–Crippen MR) is 70.9 cm³/mol. The van der Waals surface area contributed by atoms with Crippen molar-refractivity contribution in [2.24, 2.45) is 0 Å². The van der Waals surface area contributed by atoms with Crippen LogP contribution in [-0.2, 0) is 0 Å². The highest BCUT2D eigenvalue weighted by molar-refractivity contribution is 4.86. The Labute approximate surface area is 101 Å². The van der Waals surface area contributed by atoms with Gasteiger partial charge in [-0.25, -0.2) is 0 Å². The van der Waals surface area contributed by atoms with Crippen molar-refractivity contribution >= 4 is 0 Å². The fourth-order valence-electron chi connectivity index (χ4n) is 2.64. The van der Waals surface area contributed by atoms with E-state index < -0.39 is 0 Å². The minimum absolute atomic E-state index is 0.601. The van der Waals surface area contributed by atoms with E-state index in [1.165, 1.54) is 19.5 Å². The van der Waals surface area contributed by atoms with E-state index in [4.69, 9.17) is 0 Å². The van der Waals surface area contributed by atoms with Crippen LogP contribution in [0.15, 0.2) is 0 Å². The van der Waals surface area contributed by atoms with E-state index in [1.54, 1.807) is 0 Å². The maximum absolute atomic E-state index is 3.76. The number of nitrogens with one attached hydrogen (secondary N) is 1. The van der Waals surface area contributed by atoms with E-state index in [0.717, 1.165) is 19.1 Å². The smallest absolute Gasteiger partial charge is 0.0212 e. The van der Waals surface area contributed by atoms with Gasteiger partial charge in [0.05, 0.1) is 0 Å². The zero-order valence-corrected chi connectivity index (χ0v) is 11.7. The number of hydrogen-bond donors (Lipinski definition) is 1. The van der Waals surface area contributed by atoms with Crippen LogP contribution in [0.1, 0.15) is 34.1 Å². The van der Waals surface area contributed by atoms with Gasteiger partial charge in [-0.2, -0.15) is 0 Å². The van der Waals surface area contributed by atoms with Gasteiger partial charge >= 0.3 is 0 Å². The Kier molecular flexibility index (Phi) is 5.73. The molecule has 3 unspecified atom stereocenters. The molecule has 3 nitrogen and oxygen atoms in total. The van der Waals surface area contributed by atoms with Crippen LogP contribution in [0.2, 0.25) is 0 Å². The van der Waals surface area contributed by atoms with Crippen molar-refractivity contribution in [1.29, 1.82) is 0 Å². The zero-order chi connectivity index (χ0) is 12.1. The Morgan fingerprint density at radius 3 is 2.44 bits per heavy atom. The molecule has 1 aliphatic rings.